The fourth-order valence-corrected chi connectivity index (χ4v) is 2.80. The summed E-state index contributed by atoms with van der Waals surface area (Å²) in [5.74, 6) is -1.58. The normalized spacial score (nSPS) is 11.2. The van der Waals surface area contributed by atoms with Crippen LogP contribution in [0.5, 0.6) is 0 Å². The van der Waals surface area contributed by atoms with Gasteiger partial charge in [-0.25, -0.2) is 8.78 Å². The van der Waals surface area contributed by atoms with Gasteiger partial charge >= 0.3 is 0 Å². The molecule has 0 aliphatic rings. The Balaban J connectivity index is 2.01. The number of hydrogen-bond donors (Lipinski definition) is 0. The van der Waals surface area contributed by atoms with Crippen LogP contribution in [0.2, 0.25) is 0 Å². The molecule has 0 saturated carbocycles. The summed E-state index contributed by atoms with van der Waals surface area (Å²) in [5.41, 5.74) is 2.06. The van der Waals surface area contributed by atoms with Crippen molar-refractivity contribution in [2.24, 2.45) is 0 Å². The van der Waals surface area contributed by atoms with E-state index in [2.05, 4.69) is 23.3 Å². The highest BCUT2D eigenvalue weighted by molar-refractivity contribution is 7.10. The molecule has 0 aliphatic carbocycles. The number of thiophene rings is 1. The maximum Gasteiger partial charge on any atom is 0.159 e. The molecule has 0 atom stereocenters. The first kappa shape index (κ1) is 13.2. The van der Waals surface area contributed by atoms with E-state index in [1.807, 2.05) is 7.05 Å². The molecule has 2 aromatic rings. The Hall–Kier alpha value is -1.26. The zero-order valence-corrected chi connectivity index (χ0v) is 11.2. The number of hydrogen-bond acceptors (Lipinski definition) is 2. The van der Waals surface area contributed by atoms with E-state index < -0.39 is 11.6 Å². The Morgan fingerprint density at radius 2 is 1.89 bits per heavy atom. The van der Waals surface area contributed by atoms with Crippen LogP contribution in [0.3, 0.4) is 0 Å². The van der Waals surface area contributed by atoms with Crippen LogP contribution in [-0.2, 0) is 13.1 Å². The fourth-order valence-electron chi connectivity index (χ4n) is 1.82. The maximum absolute atomic E-state index is 13.1. The van der Waals surface area contributed by atoms with Gasteiger partial charge in [0.25, 0.3) is 0 Å². The third-order valence-corrected chi connectivity index (χ3v) is 3.83. The molecule has 0 aliphatic heterocycles. The molecule has 1 aromatic carbocycles. The highest BCUT2D eigenvalue weighted by Crippen LogP contribution is 2.18. The van der Waals surface area contributed by atoms with Crippen LogP contribution in [0.15, 0.2) is 29.6 Å². The van der Waals surface area contributed by atoms with Crippen molar-refractivity contribution in [3.63, 3.8) is 0 Å². The Labute approximate surface area is 110 Å². The number of halogens is 2. The van der Waals surface area contributed by atoms with Crippen molar-refractivity contribution in [1.29, 1.82) is 0 Å². The van der Waals surface area contributed by atoms with E-state index in [1.165, 1.54) is 22.6 Å². The van der Waals surface area contributed by atoms with E-state index in [1.54, 1.807) is 17.4 Å². The highest BCUT2D eigenvalue weighted by atomic mass is 32.1. The van der Waals surface area contributed by atoms with E-state index >= 15 is 0 Å². The Morgan fingerprint density at radius 3 is 2.50 bits per heavy atom. The predicted octanol–water partition coefficient (Wildman–Crippen LogP) is 3.97. The van der Waals surface area contributed by atoms with Crippen molar-refractivity contribution in [2.75, 3.05) is 7.05 Å². The minimum Gasteiger partial charge on any atom is -0.297 e. The van der Waals surface area contributed by atoms with Crippen LogP contribution >= 0.6 is 11.3 Å². The van der Waals surface area contributed by atoms with Crippen molar-refractivity contribution in [3.8, 4) is 0 Å². The maximum atomic E-state index is 13.1. The second-order valence-corrected chi connectivity index (χ2v) is 5.45. The molecule has 2 rings (SSSR count). The highest BCUT2D eigenvalue weighted by Gasteiger charge is 2.07. The SMILES string of the molecule is Cc1ccsc1CN(C)Cc1ccc(F)c(F)c1. The fraction of sp³-hybridized carbons (Fsp3) is 0.286. The van der Waals surface area contributed by atoms with Crippen molar-refractivity contribution in [2.45, 2.75) is 20.0 Å². The Bertz CT molecular complexity index is 536. The van der Waals surface area contributed by atoms with Crippen LogP contribution in [0, 0.1) is 18.6 Å². The van der Waals surface area contributed by atoms with E-state index in [-0.39, 0.29) is 0 Å². The smallest absolute Gasteiger partial charge is 0.159 e. The summed E-state index contributed by atoms with van der Waals surface area (Å²) in [6, 6.07) is 6.14. The first-order chi connectivity index (χ1) is 8.56. The largest absolute Gasteiger partial charge is 0.297 e. The van der Waals surface area contributed by atoms with Gasteiger partial charge in [-0.05, 0) is 48.7 Å². The molecule has 4 heteroatoms. The van der Waals surface area contributed by atoms with E-state index in [4.69, 9.17) is 0 Å². The van der Waals surface area contributed by atoms with Crippen molar-refractivity contribution < 1.29 is 8.78 Å². The van der Waals surface area contributed by atoms with Gasteiger partial charge in [-0.3, -0.25) is 4.90 Å². The van der Waals surface area contributed by atoms with Gasteiger partial charge in [-0.1, -0.05) is 6.07 Å². The number of benzene rings is 1. The summed E-state index contributed by atoms with van der Waals surface area (Å²) in [6.45, 7) is 3.51. The monoisotopic (exact) mass is 267 g/mol. The number of nitrogens with zero attached hydrogens (tertiary/aromatic N) is 1. The van der Waals surface area contributed by atoms with E-state index in [0.29, 0.717) is 6.54 Å². The lowest BCUT2D eigenvalue weighted by Crippen LogP contribution is -2.17. The Morgan fingerprint density at radius 1 is 1.11 bits per heavy atom. The molecular formula is C14H15F2NS. The summed E-state index contributed by atoms with van der Waals surface area (Å²) in [6.07, 6.45) is 0. The Kier molecular flexibility index (Phi) is 4.09. The van der Waals surface area contributed by atoms with Gasteiger partial charge in [0.15, 0.2) is 11.6 Å². The van der Waals surface area contributed by atoms with Gasteiger partial charge in [-0.2, -0.15) is 0 Å². The van der Waals surface area contributed by atoms with E-state index in [9.17, 15) is 8.78 Å². The molecule has 0 bridgehead atoms. The molecule has 1 heterocycles. The van der Waals surface area contributed by atoms with Crippen molar-refractivity contribution in [3.05, 3.63) is 57.3 Å². The average Bonchev–Trinajstić information content (AvgIpc) is 2.70. The number of rotatable bonds is 4. The van der Waals surface area contributed by atoms with Gasteiger partial charge in [-0.15, -0.1) is 11.3 Å². The molecule has 0 radical (unpaired) electrons. The van der Waals surface area contributed by atoms with Gasteiger partial charge < -0.3 is 0 Å². The summed E-state index contributed by atoms with van der Waals surface area (Å²) < 4.78 is 25.9. The molecule has 18 heavy (non-hydrogen) atoms. The summed E-state index contributed by atoms with van der Waals surface area (Å²) >= 11 is 1.72. The predicted molar refractivity (Wildman–Crippen MR) is 70.6 cm³/mol. The molecule has 0 spiro atoms. The summed E-state index contributed by atoms with van der Waals surface area (Å²) in [4.78, 5) is 3.39. The van der Waals surface area contributed by atoms with Gasteiger partial charge in [0.2, 0.25) is 0 Å². The van der Waals surface area contributed by atoms with Crippen molar-refractivity contribution >= 4 is 11.3 Å². The molecular weight excluding hydrogens is 252 g/mol. The average molecular weight is 267 g/mol. The molecule has 0 fully saturated rings. The lowest BCUT2D eigenvalue weighted by molar-refractivity contribution is 0.320. The van der Waals surface area contributed by atoms with Crippen LogP contribution in [-0.4, -0.2) is 11.9 Å². The quantitative estimate of drug-likeness (QED) is 0.810. The summed E-state index contributed by atoms with van der Waals surface area (Å²) in [7, 11) is 1.97. The zero-order chi connectivity index (χ0) is 13.1. The third-order valence-electron chi connectivity index (χ3n) is 2.82. The molecule has 96 valence electrons. The molecule has 0 amide bonds. The lowest BCUT2D eigenvalue weighted by atomic mass is 10.2. The van der Waals surface area contributed by atoms with Crippen molar-refractivity contribution in [1.82, 2.24) is 4.90 Å². The number of aryl methyl sites for hydroxylation is 1. The first-order valence-electron chi connectivity index (χ1n) is 5.71. The van der Waals surface area contributed by atoms with Crippen LogP contribution in [0.1, 0.15) is 16.0 Å². The zero-order valence-electron chi connectivity index (χ0n) is 10.4. The first-order valence-corrected chi connectivity index (χ1v) is 6.59. The summed E-state index contributed by atoms with van der Waals surface area (Å²) in [5, 5.41) is 2.07. The second kappa shape index (κ2) is 5.59. The second-order valence-electron chi connectivity index (χ2n) is 4.45. The minimum atomic E-state index is -0.796. The molecule has 0 unspecified atom stereocenters. The molecule has 0 N–H and O–H groups in total. The van der Waals surface area contributed by atoms with E-state index in [0.717, 1.165) is 12.1 Å². The van der Waals surface area contributed by atoms with Crippen LogP contribution in [0.4, 0.5) is 8.78 Å². The third kappa shape index (κ3) is 3.15. The van der Waals surface area contributed by atoms with Gasteiger partial charge in [0.05, 0.1) is 0 Å². The van der Waals surface area contributed by atoms with Gasteiger partial charge in [0, 0.05) is 18.0 Å². The standard InChI is InChI=1S/C14H15F2NS/c1-10-5-6-18-14(10)9-17(2)8-11-3-4-12(15)13(16)7-11/h3-7H,8-9H2,1-2H3. The lowest BCUT2D eigenvalue weighted by Gasteiger charge is -2.16. The molecule has 1 nitrogen and oxygen atoms in total. The molecule has 0 saturated heterocycles. The van der Waals surface area contributed by atoms with Crippen LogP contribution in [0.25, 0.3) is 0 Å². The van der Waals surface area contributed by atoms with Crippen LogP contribution < -0.4 is 0 Å². The van der Waals surface area contributed by atoms with Gasteiger partial charge in [0.1, 0.15) is 0 Å². The molecule has 1 aromatic heterocycles. The minimum absolute atomic E-state index is 0.606. The topological polar surface area (TPSA) is 3.24 Å².